The second kappa shape index (κ2) is 5.23. The molecule has 0 bridgehead atoms. The maximum Gasteiger partial charge on any atom is 0.262 e. The van der Waals surface area contributed by atoms with Crippen LogP contribution in [0.25, 0.3) is 0 Å². The molecule has 2 aromatic rings. The fourth-order valence-electron chi connectivity index (χ4n) is 1.94. The summed E-state index contributed by atoms with van der Waals surface area (Å²) >= 11 is 6.01. The summed E-state index contributed by atoms with van der Waals surface area (Å²) < 4.78 is 29.1. The molecule has 0 atom stereocenters. The van der Waals surface area contributed by atoms with Crippen LogP contribution in [0.4, 0.5) is 11.4 Å². The molecular weight excluding hydrogens is 312 g/mol. The molecule has 0 aliphatic carbocycles. The van der Waals surface area contributed by atoms with Crippen molar-refractivity contribution in [2.45, 2.75) is 25.7 Å². The van der Waals surface area contributed by atoms with Crippen LogP contribution in [0.3, 0.4) is 0 Å². The molecule has 0 amide bonds. The number of sulfonamides is 1. The molecule has 0 radical (unpaired) electrons. The fourth-order valence-corrected chi connectivity index (χ4v) is 3.47. The van der Waals surface area contributed by atoms with Crippen LogP contribution in [0.2, 0.25) is 5.02 Å². The molecule has 0 fully saturated rings. The molecule has 1 aromatic heterocycles. The van der Waals surface area contributed by atoms with Gasteiger partial charge in [-0.25, -0.2) is 8.42 Å². The molecule has 0 aliphatic heterocycles. The number of halogens is 1. The Kier molecular flexibility index (Phi) is 3.90. The topological polar surface area (TPSA) is 90.0 Å². The van der Waals surface area contributed by atoms with Crippen LogP contribution in [0.15, 0.2) is 17.0 Å². The summed E-state index contributed by atoms with van der Waals surface area (Å²) in [5.74, 6) is 0. The minimum Gasteiger partial charge on any atom is -0.398 e. The zero-order valence-corrected chi connectivity index (χ0v) is 13.8. The number of aromatic nitrogens is 2. The Morgan fingerprint density at radius 2 is 1.90 bits per heavy atom. The van der Waals surface area contributed by atoms with Crippen molar-refractivity contribution in [3.8, 4) is 0 Å². The molecule has 1 heterocycles. The van der Waals surface area contributed by atoms with Crippen molar-refractivity contribution >= 4 is 33.0 Å². The lowest BCUT2D eigenvalue weighted by molar-refractivity contribution is 0.601. The van der Waals surface area contributed by atoms with Crippen LogP contribution in [-0.4, -0.2) is 18.2 Å². The smallest absolute Gasteiger partial charge is 0.262 e. The van der Waals surface area contributed by atoms with Crippen LogP contribution in [-0.2, 0) is 17.1 Å². The molecule has 0 unspecified atom stereocenters. The normalized spacial score (nSPS) is 11.7. The van der Waals surface area contributed by atoms with Gasteiger partial charge in [-0.05, 0) is 38.5 Å². The number of nitrogens with zero attached hydrogens (tertiary/aromatic N) is 2. The van der Waals surface area contributed by atoms with Crippen LogP contribution < -0.4 is 10.5 Å². The zero-order valence-electron chi connectivity index (χ0n) is 12.2. The number of aryl methyl sites for hydroxylation is 2. The summed E-state index contributed by atoms with van der Waals surface area (Å²) in [4.78, 5) is 0.0262. The predicted octanol–water partition coefficient (Wildman–Crippen LogP) is 2.38. The third-order valence-electron chi connectivity index (χ3n) is 3.41. The van der Waals surface area contributed by atoms with Gasteiger partial charge >= 0.3 is 0 Å². The molecule has 0 saturated carbocycles. The molecule has 1 aromatic carbocycles. The number of nitrogens with one attached hydrogen (secondary N) is 1. The van der Waals surface area contributed by atoms with E-state index in [0.717, 1.165) is 5.69 Å². The van der Waals surface area contributed by atoms with Crippen molar-refractivity contribution in [1.29, 1.82) is 0 Å². The lowest BCUT2D eigenvalue weighted by Crippen LogP contribution is -2.14. The van der Waals surface area contributed by atoms with Gasteiger partial charge in [0.15, 0.2) is 0 Å². The van der Waals surface area contributed by atoms with E-state index in [-0.39, 0.29) is 4.90 Å². The predicted molar refractivity (Wildman–Crippen MR) is 84.1 cm³/mol. The second-order valence-electron chi connectivity index (χ2n) is 4.89. The first-order valence-corrected chi connectivity index (χ1v) is 8.08. The number of nitrogens with two attached hydrogens (primary N) is 1. The van der Waals surface area contributed by atoms with Gasteiger partial charge in [0, 0.05) is 17.8 Å². The van der Waals surface area contributed by atoms with E-state index in [4.69, 9.17) is 17.3 Å². The number of hydrogen-bond donors (Lipinski definition) is 2. The fraction of sp³-hybridized carbons (Fsp3) is 0.308. The van der Waals surface area contributed by atoms with Crippen molar-refractivity contribution in [2.75, 3.05) is 10.5 Å². The number of hydrogen-bond acceptors (Lipinski definition) is 4. The van der Waals surface area contributed by atoms with Crippen molar-refractivity contribution in [2.24, 2.45) is 7.05 Å². The van der Waals surface area contributed by atoms with Gasteiger partial charge in [-0.15, -0.1) is 0 Å². The van der Waals surface area contributed by atoms with Crippen LogP contribution >= 0.6 is 11.6 Å². The van der Waals surface area contributed by atoms with Crippen molar-refractivity contribution in [3.05, 3.63) is 34.1 Å². The van der Waals surface area contributed by atoms with Crippen molar-refractivity contribution < 1.29 is 8.42 Å². The van der Waals surface area contributed by atoms with E-state index >= 15 is 0 Å². The summed E-state index contributed by atoms with van der Waals surface area (Å²) in [5.41, 5.74) is 8.57. The average Bonchev–Trinajstić information content (AvgIpc) is 2.62. The van der Waals surface area contributed by atoms with E-state index in [9.17, 15) is 8.42 Å². The van der Waals surface area contributed by atoms with Gasteiger partial charge in [-0.2, -0.15) is 5.10 Å². The average molecular weight is 329 g/mol. The summed E-state index contributed by atoms with van der Waals surface area (Å²) in [6, 6.07) is 2.78. The Bertz CT molecular complexity index is 789. The largest absolute Gasteiger partial charge is 0.398 e. The number of rotatable bonds is 3. The lowest BCUT2D eigenvalue weighted by Gasteiger charge is -2.11. The van der Waals surface area contributed by atoms with Crippen LogP contribution in [0.5, 0.6) is 0 Å². The van der Waals surface area contributed by atoms with E-state index in [1.807, 2.05) is 0 Å². The first kappa shape index (κ1) is 15.7. The van der Waals surface area contributed by atoms with Gasteiger partial charge in [0.25, 0.3) is 10.0 Å². The number of benzene rings is 1. The SMILES string of the molecule is Cc1nn(C)c(C)c1NS(=O)(=O)c1cc(N)c(C)c(Cl)c1. The minimum atomic E-state index is -3.77. The highest BCUT2D eigenvalue weighted by Crippen LogP contribution is 2.28. The van der Waals surface area contributed by atoms with E-state index in [1.165, 1.54) is 12.1 Å². The Labute approximate surface area is 129 Å². The van der Waals surface area contributed by atoms with E-state index < -0.39 is 10.0 Å². The van der Waals surface area contributed by atoms with Crippen molar-refractivity contribution in [3.63, 3.8) is 0 Å². The van der Waals surface area contributed by atoms with Gasteiger partial charge in [-0.3, -0.25) is 9.40 Å². The van der Waals surface area contributed by atoms with Gasteiger partial charge in [0.1, 0.15) is 0 Å². The first-order chi connectivity index (χ1) is 9.63. The van der Waals surface area contributed by atoms with Crippen LogP contribution in [0.1, 0.15) is 17.0 Å². The second-order valence-corrected chi connectivity index (χ2v) is 6.98. The minimum absolute atomic E-state index is 0.0262. The molecule has 21 heavy (non-hydrogen) atoms. The molecule has 0 spiro atoms. The maximum atomic E-state index is 12.5. The monoisotopic (exact) mass is 328 g/mol. The molecule has 6 nitrogen and oxygen atoms in total. The van der Waals surface area contributed by atoms with Gasteiger partial charge in [0.05, 0.1) is 22.0 Å². The summed E-state index contributed by atoms with van der Waals surface area (Å²) in [7, 11) is -2.02. The zero-order chi connectivity index (χ0) is 15.9. The Morgan fingerprint density at radius 1 is 1.29 bits per heavy atom. The summed E-state index contributed by atoms with van der Waals surface area (Å²) in [5, 5.41) is 4.49. The third-order valence-corrected chi connectivity index (χ3v) is 5.14. The molecular formula is C13H17ClN4O2S. The highest BCUT2D eigenvalue weighted by atomic mass is 35.5. The molecule has 114 valence electrons. The molecule has 0 saturated heterocycles. The van der Waals surface area contributed by atoms with E-state index in [2.05, 4.69) is 9.82 Å². The van der Waals surface area contributed by atoms with Gasteiger partial charge in [-0.1, -0.05) is 11.6 Å². The Balaban J connectivity index is 2.48. The maximum absolute atomic E-state index is 12.5. The van der Waals surface area contributed by atoms with Crippen LogP contribution in [0, 0.1) is 20.8 Å². The highest BCUT2D eigenvalue weighted by molar-refractivity contribution is 7.92. The number of anilines is 2. The van der Waals surface area contributed by atoms with E-state index in [0.29, 0.717) is 27.7 Å². The van der Waals surface area contributed by atoms with Gasteiger partial charge < -0.3 is 5.73 Å². The summed E-state index contributed by atoms with van der Waals surface area (Å²) in [6.07, 6.45) is 0. The highest BCUT2D eigenvalue weighted by Gasteiger charge is 2.20. The van der Waals surface area contributed by atoms with E-state index in [1.54, 1.807) is 32.5 Å². The summed E-state index contributed by atoms with van der Waals surface area (Å²) in [6.45, 7) is 5.26. The Morgan fingerprint density at radius 3 is 2.38 bits per heavy atom. The molecule has 2 rings (SSSR count). The third kappa shape index (κ3) is 2.84. The van der Waals surface area contributed by atoms with Crippen molar-refractivity contribution in [1.82, 2.24) is 9.78 Å². The van der Waals surface area contributed by atoms with Gasteiger partial charge in [0.2, 0.25) is 0 Å². The number of nitrogen functional groups attached to an aromatic ring is 1. The quantitative estimate of drug-likeness (QED) is 0.846. The Hall–Kier alpha value is -1.73. The first-order valence-electron chi connectivity index (χ1n) is 6.22. The lowest BCUT2D eigenvalue weighted by atomic mass is 10.2. The standard InChI is InChI=1S/C13H17ClN4O2S/c1-7-11(14)5-10(6-12(7)15)21(19,20)17-13-8(2)16-18(4)9(13)3/h5-6,17H,15H2,1-4H3. The molecule has 0 aliphatic rings. The molecule has 8 heteroatoms. The molecule has 3 N–H and O–H groups in total.